The summed E-state index contributed by atoms with van der Waals surface area (Å²) in [5.41, 5.74) is 1.28. The molecule has 8 heteroatoms. The van der Waals surface area contributed by atoms with Crippen LogP contribution in [-0.2, 0) is 24.3 Å². The molecule has 2 fully saturated rings. The monoisotopic (exact) mass is 412 g/mol. The van der Waals surface area contributed by atoms with Gasteiger partial charge in [-0.3, -0.25) is 19.6 Å². The van der Waals surface area contributed by atoms with Crippen molar-refractivity contribution in [2.45, 2.75) is 58.2 Å². The minimum absolute atomic E-state index is 0.0460. The minimum atomic E-state index is 0.0460. The number of rotatable bonds is 7. The lowest BCUT2D eigenvalue weighted by Crippen LogP contribution is -2.50. The highest BCUT2D eigenvalue weighted by Crippen LogP contribution is 2.24. The van der Waals surface area contributed by atoms with E-state index in [1.807, 2.05) is 25.4 Å². The molecule has 1 amide bonds. The Bertz CT molecular complexity index is 803. The van der Waals surface area contributed by atoms with Crippen molar-refractivity contribution < 1.29 is 9.32 Å². The standard InChI is InChI=1S/C22H32N6O2/c1-2-21-25-20(26-30-21)14-24-22(29)18-6-4-10-28(16-18)19-7-11-27(12-8-19)15-17-5-3-9-23-13-17/h3,5,9,13,18-19H,2,4,6-8,10-12,14-16H2,1H3,(H,24,29)/t18-/m1/s1. The third kappa shape index (κ3) is 5.43. The summed E-state index contributed by atoms with van der Waals surface area (Å²) in [5.74, 6) is 1.31. The van der Waals surface area contributed by atoms with Gasteiger partial charge < -0.3 is 9.84 Å². The number of carbonyl (C=O) groups excluding carboxylic acids is 1. The van der Waals surface area contributed by atoms with E-state index in [9.17, 15) is 4.79 Å². The summed E-state index contributed by atoms with van der Waals surface area (Å²) in [6, 6.07) is 4.72. The van der Waals surface area contributed by atoms with Crippen LogP contribution in [0.2, 0.25) is 0 Å². The summed E-state index contributed by atoms with van der Waals surface area (Å²) in [4.78, 5) is 26.2. The molecule has 30 heavy (non-hydrogen) atoms. The molecule has 0 aliphatic carbocycles. The Morgan fingerprint density at radius 2 is 2.13 bits per heavy atom. The molecule has 4 heterocycles. The van der Waals surface area contributed by atoms with E-state index in [2.05, 4.69) is 36.3 Å². The topological polar surface area (TPSA) is 87.4 Å². The quantitative estimate of drug-likeness (QED) is 0.744. The van der Waals surface area contributed by atoms with E-state index in [4.69, 9.17) is 4.52 Å². The molecule has 2 aromatic heterocycles. The number of hydrogen-bond acceptors (Lipinski definition) is 7. The van der Waals surface area contributed by atoms with E-state index >= 15 is 0 Å². The van der Waals surface area contributed by atoms with Gasteiger partial charge in [-0.15, -0.1) is 0 Å². The lowest BCUT2D eigenvalue weighted by molar-refractivity contribution is -0.127. The van der Waals surface area contributed by atoms with Crippen LogP contribution in [0.25, 0.3) is 0 Å². The Morgan fingerprint density at radius 1 is 1.27 bits per heavy atom. The predicted octanol–water partition coefficient (Wildman–Crippen LogP) is 2.02. The van der Waals surface area contributed by atoms with Crippen molar-refractivity contribution in [3.63, 3.8) is 0 Å². The van der Waals surface area contributed by atoms with E-state index < -0.39 is 0 Å². The summed E-state index contributed by atoms with van der Waals surface area (Å²) < 4.78 is 5.11. The number of nitrogens with one attached hydrogen (secondary N) is 1. The molecule has 4 rings (SSSR count). The van der Waals surface area contributed by atoms with Crippen molar-refractivity contribution in [2.75, 3.05) is 26.2 Å². The number of piperidine rings is 2. The fourth-order valence-electron chi connectivity index (χ4n) is 4.56. The number of nitrogens with zero attached hydrogens (tertiary/aromatic N) is 5. The van der Waals surface area contributed by atoms with E-state index in [0.29, 0.717) is 30.7 Å². The zero-order valence-corrected chi connectivity index (χ0v) is 17.8. The number of pyridine rings is 1. The molecule has 2 saturated heterocycles. The van der Waals surface area contributed by atoms with E-state index in [-0.39, 0.29) is 11.8 Å². The SMILES string of the molecule is CCc1nc(CNC(=O)[C@@H]2CCCN(C3CCN(Cc4cccnc4)CC3)C2)no1. The third-order valence-corrected chi connectivity index (χ3v) is 6.26. The number of likely N-dealkylation sites (tertiary alicyclic amines) is 2. The fraction of sp³-hybridized carbons (Fsp3) is 0.636. The molecule has 8 nitrogen and oxygen atoms in total. The number of aromatic nitrogens is 3. The third-order valence-electron chi connectivity index (χ3n) is 6.26. The number of carbonyl (C=O) groups is 1. The van der Waals surface area contributed by atoms with Crippen LogP contribution in [0, 0.1) is 5.92 Å². The molecule has 2 aliphatic rings. The summed E-state index contributed by atoms with van der Waals surface area (Å²) in [7, 11) is 0. The first-order valence-electron chi connectivity index (χ1n) is 11.2. The second-order valence-corrected chi connectivity index (χ2v) is 8.38. The molecule has 162 valence electrons. The second kappa shape index (κ2) is 10.1. The van der Waals surface area contributed by atoms with Gasteiger partial charge in [0.1, 0.15) is 0 Å². The molecule has 0 spiro atoms. The van der Waals surface area contributed by atoms with E-state index in [0.717, 1.165) is 58.4 Å². The average molecular weight is 413 g/mol. The zero-order chi connectivity index (χ0) is 20.8. The van der Waals surface area contributed by atoms with Crippen molar-refractivity contribution in [3.8, 4) is 0 Å². The molecule has 0 unspecified atom stereocenters. The van der Waals surface area contributed by atoms with Gasteiger partial charge in [-0.2, -0.15) is 4.98 Å². The Kier molecular flexibility index (Phi) is 7.07. The number of aryl methyl sites for hydroxylation is 1. The molecule has 1 atom stereocenters. The van der Waals surface area contributed by atoms with Crippen molar-refractivity contribution in [1.82, 2.24) is 30.2 Å². The maximum Gasteiger partial charge on any atom is 0.226 e. The van der Waals surface area contributed by atoms with Gasteiger partial charge in [0.05, 0.1) is 12.5 Å². The van der Waals surface area contributed by atoms with Gasteiger partial charge in [0.15, 0.2) is 5.82 Å². The molecule has 2 aliphatic heterocycles. The lowest BCUT2D eigenvalue weighted by atomic mass is 9.93. The smallest absolute Gasteiger partial charge is 0.226 e. The summed E-state index contributed by atoms with van der Waals surface area (Å²) in [5, 5.41) is 6.91. The Labute approximate surface area is 178 Å². The van der Waals surface area contributed by atoms with Crippen LogP contribution in [0.1, 0.15) is 49.9 Å². The van der Waals surface area contributed by atoms with Crippen molar-refractivity contribution in [3.05, 3.63) is 41.8 Å². The fourth-order valence-corrected chi connectivity index (χ4v) is 4.56. The molecular weight excluding hydrogens is 380 g/mol. The number of amides is 1. The van der Waals surface area contributed by atoms with Gasteiger partial charge in [0.25, 0.3) is 0 Å². The highest BCUT2D eigenvalue weighted by Gasteiger charge is 2.31. The molecule has 0 aromatic carbocycles. The maximum atomic E-state index is 12.7. The largest absolute Gasteiger partial charge is 0.348 e. The summed E-state index contributed by atoms with van der Waals surface area (Å²) in [6.07, 6.45) is 8.85. The van der Waals surface area contributed by atoms with Crippen LogP contribution >= 0.6 is 0 Å². The second-order valence-electron chi connectivity index (χ2n) is 8.38. The highest BCUT2D eigenvalue weighted by molar-refractivity contribution is 5.78. The first kappa shape index (κ1) is 20.9. The average Bonchev–Trinajstić information content (AvgIpc) is 3.27. The summed E-state index contributed by atoms with van der Waals surface area (Å²) >= 11 is 0. The van der Waals surface area contributed by atoms with Crippen LogP contribution in [-0.4, -0.2) is 63.1 Å². The Morgan fingerprint density at radius 3 is 2.87 bits per heavy atom. The minimum Gasteiger partial charge on any atom is -0.348 e. The van der Waals surface area contributed by atoms with Gasteiger partial charge in [0.2, 0.25) is 11.8 Å². The van der Waals surface area contributed by atoms with Crippen molar-refractivity contribution >= 4 is 5.91 Å². The molecular formula is C22H32N6O2. The maximum absolute atomic E-state index is 12.7. The Hall–Kier alpha value is -2.32. The Balaban J connectivity index is 1.22. The predicted molar refractivity (Wildman–Crippen MR) is 112 cm³/mol. The molecule has 0 bridgehead atoms. The van der Waals surface area contributed by atoms with Crippen molar-refractivity contribution in [2.24, 2.45) is 5.92 Å². The first-order valence-corrected chi connectivity index (χ1v) is 11.2. The van der Waals surface area contributed by atoms with Gasteiger partial charge in [-0.05, 0) is 56.9 Å². The molecule has 1 N–H and O–H groups in total. The van der Waals surface area contributed by atoms with Crippen molar-refractivity contribution in [1.29, 1.82) is 0 Å². The number of hydrogen-bond donors (Lipinski definition) is 1. The van der Waals surface area contributed by atoms with Gasteiger partial charge in [-0.25, -0.2) is 0 Å². The highest BCUT2D eigenvalue weighted by atomic mass is 16.5. The van der Waals surface area contributed by atoms with Crippen LogP contribution < -0.4 is 5.32 Å². The van der Waals surface area contributed by atoms with Gasteiger partial charge in [-0.1, -0.05) is 18.1 Å². The molecule has 0 radical (unpaired) electrons. The summed E-state index contributed by atoms with van der Waals surface area (Å²) in [6.45, 7) is 7.44. The lowest BCUT2D eigenvalue weighted by Gasteiger charge is -2.42. The van der Waals surface area contributed by atoms with E-state index in [1.54, 1.807) is 0 Å². The first-order chi connectivity index (χ1) is 14.7. The molecule has 0 saturated carbocycles. The van der Waals surface area contributed by atoms with E-state index in [1.165, 1.54) is 5.56 Å². The van der Waals surface area contributed by atoms with Crippen LogP contribution in [0.15, 0.2) is 29.0 Å². The van der Waals surface area contributed by atoms with Crippen LogP contribution in [0.3, 0.4) is 0 Å². The zero-order valence-electron chi connectivity index (χ0n) is 17.8. The van der Waals surface area contributed by atoms with Crippen LogP contribution in [0.4, 0.5) is 0 Å². The normalized spacial score (nSPS) is 21.6. The van der Waals surface area contributed by atoms with Gasteiger partial charge >= 0.3 is 0 Å². The van der Waals surface area contributed by atoms with Gasteiger partial charge in [0, 0.05) is 37.9 Å². The molecule has 2 aromatic rings. The van der Waals surface area contributed by atoms with Crippen LogP contribution in [0.5, 0.6) is 0 Å².